The lowest BCUT2D eigenvalue weighted by Gasteiger charge is -2.16. The number of ether oxygens (including phenoxy) is 1. The van der Waals surface area contributed by atoms with Gasteiger partial charge < -0.3 is 15.4 Å². The second-order valence-corrected chi connectivity index (χ2v) is 4.30. The van der Waals surface area contributed by atoms with Crippen LogP contribution in [0.25, 0.3) is 0 Å². The second kappa shape index (κ2) is 6.90. The number of hydrogen-bond acceptors (Lipinski definition) is 3. The Morgan fingerprint density at radius 2 is 2.06 bits per heavy atom. The van der Waals surface area contributed by atoms with E-state index in [9.17, 15) is 9.18 Å². The fourth-order valence-electron chi connectivity index (χ4n) is 1.19. The predicted octanol–water partition coefficient (Wildman–Crippen LogP) is 1.34. The highest BCUT2D eigenvalue weighted by Gasteiger charge is 2.09. The van der Waals surface area contributed by atoms with Crippen LogP contribution < -0.4 is 10.5 Å². The Morgan fingerprint density at radius 1 is 1.44 bits per heavy atom. The molecule has 0 fully saturated rings. The molecule has 0 aromatic heterocycles. The Balaban J connectivity index is 2.36. The lowest BCUT2D eigenvalue weighted by atomic mass is 10.3. The standard InChI is InChI=1S/C12H15FN2O2S/c1-15(7-6-11(14)18)12(16)8-17-10-4-2-9(13)3-5-10/h2-5H,6-8H2,1H3,(H2,14,18). The highest BCUT2D eigenvalue weighted by molar-refractivity contribution is 7.80. The van der Waals surface area contributed by atoms with Crippen LogP contribution in [0.3, 0.4) is 0 Å². The molecule has 0 aliphatic heterocycles. The highest BCUT2D eigenvalue weighted by atomic mass is 32.1. The van der Waals surface area contributed by atoms with Gasteiger partial charge in [0.25, 0.3) is 5.91 Å². The first-order valence-electron chi connectivity index (χ1n) is 5.39. The Labute approximate surface area is 111 Å². The van der Waals surface area contributed by atoms with Gasteiger partial charge in [-0.1, -0.05) is 12.2 Å². The average molecular weight is 270 g/mol. The van der Waals surface area contributed by atoms with Crippen molar-refractivity contribution in [1.82, 2.24) is 4.90 Å². The number of carbonyl (C=O) groups is 1. The van der Waals surface area contributed by atoms with Crippen molar-refractivity contribution in [2.24, 2.45) is 5.73 Å². The van der Waals surface area contributed by atoms with Crippen LogP contribution in [0.1, 0.15) is 6.42 Å². The molecule has 1 rings (SSSR count). The van der Waals surface area contributed by atoms with Crippen LogP contribution in [0.15, 0.2) is 24.3 Å². The van der Waals surface area contributed by atoms with Crippen molar-refractivity contribution in [3.8, 4) is 5.75 Å². The van der Waals surface area contributed by atoms with Crippen molar-refractivity contribution in [2.75, 3.05) is 20.2 Å². The molecule has 0 atom stereocenters. The van der Waals surface area contributed by atoms with E-state index < -0.39 is 0 Å². The van der Waals surface area contributed by atoms with E-state index in [4.69, 9.17) is 22.7 Å². The van der Waals surface area contributed by atoms with Gasteiger partial charge in [0.2, 0.25) is 0 Å². The first kappa shape index (κ1) is 14.4. The van der Waals surface area contributed by atoms with Crippen molar-refractivity contribution in [2.45, 2.75) is 6.42 Å². The molecule has 0 saturated heterocycles. The SMILES string of the molecule is CN(CCC(N)=S)C(=O)COc1ccc(F)cc1. The summed E-state index contributed by atoms with van der Waals surface area (Å²) >= 11 is 4.73. The van der Waals surface area contributed by atoms with E-state index in [0.717, 1.165) is 0 Å². The van der Waals surface area contributed by atoms with E-state index in [1.165, 1.54) is 29.2 Å². The maximum Gasteiger partial charge on any atom is 0.260 e. The summed E-state index contributed by atoms with van der Waals surface area (Å²) in [6, 6.07) is 5.49. The molecule has 2 N–H and O–H groups in total. The van der Waals surface area contributed by atoms with Crippen molar-refractivity contribution < 1.29 is 13.9 Å². The fourth-order valence-corrected chi connectivity index (χ4v) is 1.28. The van der Waals surface area contributed by atoms with Gasteiger partial charge in [0.15, 0.2) is 6.61 Å². The number of hydrogen-bond donors (Lipinski definition) is 1. The minimum atomic E-state index is -0.345. The Hall–Kier alpha value is -1.69. The second-order valence-electron chi connectivity index (χ2n) is 3.77. The van der Waals surface area contributed by atoms with Gasteiger partial charge in [-0.25, -0.2) is 4.39 Å². The number of benzene rings is 1. The van der Waals surface area contributed by atoms with Gasteiger partial charge in [0.1, 0.15) is 11.6 Å². The summed E-state index contributed by atoms with van der Waals surface area (Å²) in [6.45, 7) is 0.362. The van der Waals surface area contributed by atoms with E-state index in [1.54, 1.807) is 7.05 Å². The topological polar surface area (TPSA) is 55.6 Å². The summed E-state index contributed by atoms with van der Waals surface area (Å²) in [7, 11) is 1.65. The van der Waals surface area contributed by atoms with Gasteiger partial charge in [-0.2, -0.15) is 0 Å². The van der Waals surface area contributed by atoms with Crippen LogP contribution in [0, 0.1) is 5.82 Å². The van der Waals surface area contributed by atoms with E-state index in [-0.39, 0.29) is 18.3 Å². The first-order chi connectivity index (χ1) is 8.49. The molecule has 0 heterocycles. The smallest absolute Gasteiger partial charge is 0.260 e. The molecule has 1 aromatic carbocycles. The number of amides is 1. The maximum absolute atomic E-state index is 12.6. The third-order valence-corrected chi connectivity index (χ3v) is 2.50. The zero-order valence-corrected chi connectivity index (χ0v) is 10.9. The molecule has 4 nitrogen and oxygen atoms in total. The van der Waals surface area contributed by atoms with Crippen LogP contribution in [0.2, 0.25) is 0 Å². The molecule has 18 heavy (non-hydrogen) atoms. The summed E-state index contributed by atoms with van der Waals surface area (Å²) < 4.78 is 17.9. The van der Waals surface area contributed by atoms with E-state index in [2.05, 4.69) is 0 Å². The molecule has 1 amide bonds. The molecule has 0 aliphatic carbocycles. The molecule has 0 saturated carbocycles. The zero-order chi connectivity index (χ0) is 13.5. The summed E-state index contributed by atoms with van der Waals surface area (Å²) in [5, 5.41) is 0. The fraction of sp³-hybridized carbons (Fsp3) is 0.333. The van der Waals surface area contributed by atoms with Gasteiger partial charge in [-0.3, -0.25) is 4.79 Å². The number of halogens is 1. The van der Waals surface area contributed by atoms with Crippen molar-refractivity contribution in [1.29, 1.82) is 0 Å². The summed E-state index contributed by atoms with van der Waals surface area (Å²) in [5.41, 5.74) is 5.35. The van der Waals surface area contributed by atoms with E-state index in [0.29, 0.717) is 23.7 Å². The van der Waals surface area contributed by atoms with Gasteiger partial charge in [0.05, 0.1) is 4.99 Å². The molecule has 0 unspecified atom stereocenters. The van der Waals surface area contributed by atoms with Gasteiger partial charge in [0, 0.05) is 20.0 Å². The largest absolute Gasteiger partial charge is 0.484 e. The molecule has 0 aliphatic rings. The molecule has 0 radical (unpaired) electrons. The summed E-state index contributed by atoms with van der Waals surface area (Å²) in [5.74, 6) is -0.0784. The average Bonchev–Trinajstić information content (AvgIpc) is 2.34. The molecular formula is C12H15FN2O2S. The van der Waals surface area contributed by atoms with Crippen LogP contribution in [-0.2, 0) is 4.79 Å². The van der Waals surface area contributed by atoms with Crippen LogP contribution >= 0.6 is 12.2 Å². The number of nitrogens with zero attached hydrogens (tertiary/aromatic N) is 1. The Kier molecular flexibility index (Phi) is 5.51. The minimum Gasteiger partial charge on any atom is -0.484 e. The molecule has 6 heteroatoms. The summed E-state index contributed by atoms with van der Waals surface area (Å²) in [4.78, 5) is 13.5. The minimum absolute atomic E-state index is 0.0978. The third-order valence-electron chi connectivity index (χ3n) is 2.30. The number of thiocarbonyl (C=S) groups is 1. The third kappa shape index (κ3) is 5.09. The van der Waals surface area contributed by atoms with Gasteiger partial charge >= 0.3 is 0 Å². The molecule has 0 spiro atoms. The van der Waals surface area contributed by atoms with E-state index in [1.807, 2.05) is 0 Å². The van der Waals surface area contributed by atoms with Crippen LogP contribution in [0.4, 0.5) is 4.39 Å². The van der Waals surface area contributed by atoms with Crippen molar-refractivity contribution >= 4 is 23.1 Å². The monoisotopic (exact) mass is 270 g/mol. The lowest BCUT2D eigenvalue weighted by molar-refractivity contribution is -0.131. The lowest BCUT2D eigenvalue weighted by Crippen LogP contribution is -2.33. The Bertz CT molecular complexity index is 423. The molecule has 98 valence electrons. The quantitative estimate of drug-likeness (QED) is 0.793. The molecule has 0 bridgehead atoms. The number of likely N-dealkylation sites (N-methyl/N-ethyl adjacent to an activating group) is 1. The highest BCUT2D eigenvalue weighted by Crippen LogP contribution is 2.10. The predicted molar refractivity (Wildman–Crippen MR) is 70.9 cm³/mol. The number of carbonyl (C=O) groups excluding carboxylic acids is 1. The van der Waals surface area contributed by atoms with Gasteiger partial charge in [-0.05, 0) is 24.3 Å². The molecule has 1 aromatic rings. The van der Waals surface area contributed by atoms with Crippen molar-refractivity contribution in [3.63, 3.8) is 0 Å². The Morgan fingerprint density at radius 3 is 2.61 bits per heavy atom. The van der Waals surface area contributed by atoms with Gasteiger partial charge in [-0.15, -0.1) is 0 Å². The first-order valence-corrected chi connectivity index (χ1v) is 5.80. The zero-order valence-electron chi connectivity index (χ0n) is 10.1. The number of nitrogens with two attached hydrogens (primary N) is 1. The van der Waals surface area contributed by atoms with Crippen LogP contribution in [0.5, 0.6) is 5.75 Å². The van der Waals surface area contributed by atoms with Crippen LogP contribution in [-0.4, -0.2) is 36.0 Å². The normalized spacial score (nSPS) is 9.89. The molecular weight excluding hydrogens is 255 g/mol. The van der Waals surface area contributed by atoms with E-state index >= 15 is 0 Å². The van der Waals surface area contributed by atoms with Crippen molar-refractivity contribution in [3.05, 3.63) is 30.1 Å². The summed E-state index contributed by atoms with van der Waals surface area (Å²) in [6.07, 6.45) is 0.480. The maximum atomic E-state index is 12.6. The number of rotatable bonds is 6.